The number of hydrogen-bond donors (Lipinski definition) is 0. The number of amides is 2. The molecule has 0 saturated carbocycles. The van der Waals surface area contributed by atoms with Gasteiger partial charge in [-0.05, 0) is 43.0 Å². The first-order valence-electron chi connectivity index (χ1n) is 9.66. The highest BCUT2D eigenvalue weighted by atomic mass is 16.5. The summed E-state index contributed by atoms with van der Waals surface area (Å²) in [7, 11) is 0. The van der Waals surface area contributed by atoms with E-state index in [0.717, 1.165) is 69.0 Å². The monoisotopic (exact) mass is 357 g/mol. The maximum atomic E-state index is 12.9. The Hall–Kier alpha value is -1.92. The standard InChI is InChI=1S/C20H27N3O3/c1-15(24)23-7-6-16-13-17(4-5-19(16)23)20(25)22-10-8-21(9-11-22)14-18-3-2-12-26-18/h4-5,13,18H,2-3,6-12,14H2,1H3. The molecule has 140 valence electrons. The van der Waals surface area contributed by atoms with Crippen molar-refractivity contribution in [2.45, 2.75) is 32.3 Å². The third-order valence-electron chi connectivity index (χ3n) is 5.75. The summed E-state index contributed by atoms with van der Waals surface area (Å²) in [6.45, 7) is 7.53. The molecule has 1 aromatic carbocycles. The molecule has 3 aliphatic rings. The highest BCUT2D eigenvalue weighted by Gasteiger charge is 2.27. The van der Waals surface area contributed by atoms with Gasteiger partial charge in [-0.1, -0.05) is 0 Å². The zero-order valence-electron chi connectivity index (χ0n) is 15.4. The van der Waals surface area contributed by atoms with Crippen LogP contribution < -0.4 is 4.90 Å². The summed E-state index contributed by atoms with van der Waals surface area (Å²) >= 11 is 0. The zero-order valence-corrected chi connectivity index (χ0v) is 15.4. The number of ether oxygens (including phenoxy) is 1. The van der Waals surface area contributed by atoms with Crippen molar-refractivity contribution < 1.29 is 14.3 Å². The summed E-state index contributed by atoms with van der Waals surface area (Å²) in [6, 6.07) is 5.76. The first-order valence-corrected chi connectivity index (χ1v) is 9.66. The lowest BCUT2D eigenvalue weighted by Crippen LogP contribution is -2.50. The molecule has 1 aromatic rings. The van der Waals surface area contributed by atoms with Gasteiger partial charge < -0.3 is 14.5 Å². The maximum Gasteiger partial charge on any atom is 0.253 e. The van der Waals surface area contributed by atoms with Gasteiger partial charge in [0.25, 0.3) is 5.91 Å². The average Bonchev–Trinajstić information content (AvgIpc) is 3.30. The minimum atomic E-state index is 0.0604. The molecule has 0 aliphatic carbocycles. The molecular weight excluding hydrogens is 330 g/mol. The maximum absolute atomic E-state index is 12.9. The van der Waals surface area contributed by atoms with Crippen molar-refractivity contribution >= 4 is 17.5 Å². The van der Waals surface area contributed by atoms with E-state index in [1.54, 1.807) is 11.8 Å². The van der Waals surface area contributed by atoms with Crippen LogP contribution in [0.3, 0.4) is 0 Å². The Morgan fingerprint density at radius 1 is 1.15 bits per heavy atom. The smallest absolute Gasteiger partial charge is 0.253 e. The molecule has 4 rings (SSSR count). The van der Waals surface area contributed by atoms with Crippen molar-refractivity contribution in [1.82, 2.24) is 9.80 Å². The van der Waals surface area contributed by atoms with Gasteiger partial charge in [-0.3, -0.25) is 14.5 Å². The van der Waals surface area contributed by atoms with Crippen molar-refractivity contribution in [3.63, 3.8) is 0 Å². The number of nitrogens with zero attached hydrogens (tertiary/aromatic N) is 3. The lowest BCUT2D eigenvalue weighted by molar-refractivity contribution is -0.116. The predicted molar refractivity (Wildman–Crippen MR) is 99.5 cm³/mol. The van der Waals surface area contributed by atoms with Crippen LogP contribution in [0.5, 0.6) is 0 Å². The number of carbonyl (C=O) groups is 2. The molecule has 0 spiro atoms. The lowest BCUT2D eigenvalue weighted by atomic mass is 10.1. The minimum Gasteiger partial charge on any atom is -0.377 e. The Kier molecular flexibility index (Phi) is 4.96. The van der Waals surface area contributed by atoms with Crippen molar-refractivity contribution in [3.05, 3.63) is 29.3 Å². The summed E-state index contributed by atoms with van der Waals surface area (Å²) in [5.41, 5.74) is 2.79. The van der Waals surface area contributed by atoms with Gasteiger partial charge in [0, 0.05) is 64.0 Å². The third kappa shape index (κ3) is 3.48. The second-order valence-corrected chi connectivity index (χ2v) is 7.49. The van der Waals surface area contributed by atoms with Crippen LogP contribution in [0.1, 0.15) is 35.7 Å². The highest BCUT2D eigenvalue weighted by molar-refractivity contribution is 5.97. The number of carbonyl (C=O) groups excluding carboxylic acids is 2. The molecule has 3 aliphatic heterocycles. The van der Waals surface area contributed by atoms with E-state index in [1.807, 2.05) is 23.1 Å². The van der Waals surface area contributed by atoms with E-state index in [2.05, 4.69) is 4.90 Å². The lowest BCUT2D eigenvalue weighted by Gasteiger charge is -2.35. The van der Waals surface area contributed by atoms with E-state index >= 15 is 0 Å². The van der Waals surface area contributed by atoms with E-state index in [9.17, 15) is 9.59 Å². The molecule has 2 amide bonds. The van der Waals surface area contributed by atoms with Crippen LogP contribution in [0.15, 0.2) is 18.2 Å². The van der Waals surface area contributed by atoms with E-state index in [0.29, 0.717) is 12.6 Å². The van der Waals surface area contributed by atoms with E-state index < -0.39 is 0 Å². The van der Waals surface area contributed by atoms with Gasteiger partial charge >= 0.3 is 0 Å². The average molecular weight is 357 g/mol. The number of hydrogen-bond acceptors (Lipinski definition) is 4. The zero-order chi connectivity index (χ0) is 18.1. The topological polar surface area (TPSA) is 53.1 Å². The Balaban J connectivity index is 1.36. The van der Waals surface area contributed by atoms with E-state index in [1.165, 1.54) is 6.42 Å². The first kappa shape index (κ1) is 17.5. The van der Waals surface area contributed by atoms with Gasteiger partial charge in [-0.25, -0.2) is 0 Å². The quantitative estimate of drug-likeness (QED) is 0.823. The number of piperazine rings is 1. The fraction of sp³-hybridized carbons (Fsp3) is 0.600. The predicted octanol–water partition coefficient (Wildman–Crippen LogP) is 1.53. The molecule has 26 heavy (non-hydrogen) atoms. The fourth-order valence-electron chi connectivity index (χ4n) is 4.25. The largest absolute Gasteiger partial charge is 0.377 e. The minimum absolute atomic E-state index is 0.0604. The SMILES string of the molecule is CC(=O)N1CCc2cc(C(=O)N3CCN(CC4CCCO4)CC3)ccc21. The third-order valence-corrected chi connectivity index (χ3v) is 5.75. The molecule has 6 heteroatoms. The molecule has 1 atom stereocenters. The highest BCUT2D eigenvalue weighted by Crippen LogP contribution is 2.29. The number of anilines is 1. The number of rotatable bonds is 3. The molecule has 0 bridgehead atoms. The molecule has 0 N–H and O–H groups in total. The van der Waals surface area contributed by atoms with Gasteiger partial charge in [-0.2, -0.15) is 0 Å². The van der Waals surface area contributed by atoms with E-state index in [4.69, 9.17) is 4.74 Å². The summed E-state index contributed by atoms with van der Waals surface area (Å²) in [6.07, 6.45) is 3.53. The number of benzene rings is 1. The molecule has 0 aromatic heterocycles. The molecule has 0 radical (unpaired) electrons. The van der Waals surface area contributed by atoms with Crippen molar-refractivity contribution in [1.29, 1.82) is 0 Å². The van der Waals surface area contributed by atoms with Gasteiger partial charge in [0.05, 0.1) is 6.10 Å². The summed E-state index contributed by atoms with van der Waals surface area (Å²) in [5.74, 6) is 0.163. The molecule has 3 heterocycles. The summed E-state index contributed by atoms with van der Waals surface area (Å²) in [4.78, 5) is 30.7. The Bertz CT molecular complexity index is 692. The molecule has 6 nitrogen and oxygen atoms in total. The van der Waals surface area contributed by atoms with Crippen LogP contribution in [0, 0.1) is 0 Å². The summed E-state index contributed by atoms with van der Waals surface area (Å²) in [5, 5.41) is 0. The molecule has 1 unspecified atom stereocenters. The van der Waals surface area contributed by atoms with Crippen LogP contribution in [0.4, 0.5) is 5.69 Å². The van der Waals surface area contributed by atoms with Crippen molar-refractivity contribution in [2.75, 3.05) is 50.8 Å². The Morgan fingerprint density at radius 3 is 2.65 bits per heavy atom. The van der Waals surface area contributed by atoms with Gasteiger partial charge in [0.2, 0.25) is 5.91 Å². The van der Waals surface area contributed by atoms with Crippen LogP contribution in [0.2, 0.25) is 0 Å². The number of fused-ring (bicyclic) bond motifs is 1. The van der Waals surface area contributed by atoms with E-state index in [-0.39, 0.29) is 11.8 Å². The van der Waals surface area contributed by atoms with Crippen LogP contribution in [-0.2, 0) is 16.0 Å². The molecule has 2 fully saturated rings. The van der Waals surface area contributed by atoms with Gasteiger partial charge in [0.15, 0.2) is 0 Å². The summed E-state index contributed by atoms with van der Waals surface area (Å²) < 4.78 is 5.72. The fourth-order valence-corrected chi connectivity index (χ4v) is 4.25. The van der Waals surface area contributed by atoms with Crippen LogP contribution in [0.25, 0.3) is 0 Å². The van der Waals surface area contributed by atoms with Crippen molar-refractivity contribution in [2.24, 2.45) is 0 Å². The first-order chi connectivity index (χ1) is 12.6. The van der Waals surface area contributed by atoms with Gasteiger partial charge in [0.1, 0.15) is 0 Å². The Labute approximate surface area is 154 Å². The normalized spacial score (nSPS) is 23.3. The second kappa shape index (κ2) is 7.37. The molecule has 2 saturated heterocycles. The second-order valence-electron chi connectivity index (χ2n) is 7.49. The van der Waals surface area contributed by atoms with Crippen molar-refractivity contribution in [3.8, 4) is 0 Å². The molecular formula is C20H27N3O3. The Morgan fingerprint density at radius 2 is 1.96 bits per heavy atom. The van der Waals surface area contributed by atoms with Gasteiger partial charge in [-0.15, -0.1) is 0 Å². The van der Waals surface area contributed by atoms with Crippen LogP contribution >= 0.6 is 0 Å². The van der Waals surface area contributed by atoms with Crippen LogP contribution in [-0.4, -0.2) is 73.6 Å².